The van der Waals surface area contributed by atoms with Crippen LogP contribution in [0.3, 0.4) is 0 Å². The lowest BCUT2D eigenvalue weighted by molar-refractivity contribution is -0.137. The van der Waals surface area contributed by atoms with E-state index < -0.39 is 11.7 Å². The van der Waals surface area contributed by atoms with Gasteiger partial charge in [-0.2, -0.15) is 18.3 Å². The van der Waals surface area contributed by atoms with Gasteiger partial charge in [0.1, 0.15) is 29.6 Å². The first kappa shape index (κ1) is 48.3. The van der Waals surface area contributed by atoms with Crippen LogP contribution in [-0.4, -0.2) is 71.5 Å². The van der Waals surface area contributed by atoms with Gasteiger partial charge in [0.05, 0.1) is 36.8 Å². The van der Waals surface area contributed by atoms with Gasteiger partial charge in [0.15, 0.2) is 5.65 Å². The van der Waals surface area contributed by atoms with Gasteiger partial charge in [-0.05, 0) is 111 Å². The average molecular weight is 911 g/mol. The van der Waals surface area contributed by atoms with Crippen LogP contribution >= 0.6 is 11.6 Å². The second-order valence-corrected chi connectivity index (χ2v) is 15.7. The molecule has 0 saturated carbocycles. The van der Waals surface area contributed by atoms with Crippen molar-refractivity contribution in [2.75, 3.05) is 45.5 Å². The van der Waals surface area contributed by atoms with E-state index in [1.165, 1.54) is 23.3 Å². The number of fused-ring (bicyclic) bond motifs is 3. The molecular weight excluding hydrogens is 857 g/mol. The number of rotatable bonds is 22. The Labute approximate surface area is 382 Å². The number of aromatic nitrogens is 3. The summed E-state index contributed by atoms with van der Waals surface area (Å²) in [7, 11) is 1.78. The van der Waals surface area contributed by atoms with Crippen LogP contribution in [0.5, 0.6) is 17.2 Å². The summed E-state index contributed by atoms with van der Waals surface area (Å²) in [6.45, 7) is 5.16. The number of benzene rings is 5. The van der Waals surface area contributed by atoms with Crippen molar-refractivity contribution in [3.63, 3.8) is 0 Å². The van der Waals surface area contributed by atoms with Crippen LogP contribution in [0, 0.1) is 6.92 Å². The van der Waals surface area contributed by atoms with Gasteiger partial charge in [-0.3, -0.25) is 18.8 Å². The standard InChI is InChI=1S/C41H43F3N4O5.C10H11ClO/c1-29-7-14-34(15-8-29)53-35-18-16-33(17-19-35)52-26-25-51-24-23-50-22-6-4-3-5-21-45-40(49)30-9-20-38-36(27-30)37-28-47(2)46-39(37)48(38)32-12-10-31(11-13-32)41(42,43)44;11-8-10(12)7-6-9-4-2-1-3-5-9/h7-20,27-28H,3-6,21-26H2,1-2H3,(H,45,49);1-5H,6-8H2. The fourth-order valence-electron chi connectivity index (χ4n) is 6.96. The SMILES string of the molecule is Cc1ccc(Oc2ccc(OCCOCCOCCCCCCNC(=O)c3ccc4c(c3)c3cn(C)nc3n4-c3ccc(C(F)(F)F)cc3)cc2)cc1.O=C(CCl)CCc1ccccc1. The molecule has 0 atom stereocenters. The molecule has 10 nitrogen and oxygen atoms in total. The highest BCUT2D eigenvalue weighted by molar-refractivity contribution is 6.27. The number of amides is 1. The molecule has 0 unspecified atom stereocenters. The van der Waals surface area contributed by atoms with E-state index in [1.54, 1.807) is 17.8 Å². The number of hydrogen-bond donors (Lipinski definition) is 1. The number of ketones is 1. The zero-order chi connectivity index (χ0) is 46.0. The van der Waals surface area contributed by atoms with Crippen molar-refractivity contribution in [2.24, 2.45) is 7.05 Å². The third kappa shape index (κ3) is 14.7. The van der Waals surface area contributed by atoms with E-state index >= 15 is 0 Å². The summed E-state index contributed by atoms with van der Waals surface area (Å²) in [6.07, 6.45) is 2.49. The number of carbonyl (C=O) groups is 2. The fourth-order valence-corrected chi connectivity index (χ4v) is 7.10. The van der Waals surface area contributed by atoms with E-state index in [0.29, 0.717) is 62.9 Å². The third-order valence-corrected chi connectivity index (χ3v) is 10.7. The molecule has 5 aromatic carbocycles. The van der Waals surface area contributed by atoms with Crippen LogP contribution in [0.25, 0.3) is 27.6 Å². The van der Waals surface area contributed by atoms with Gasteiger partial charge in [0.25, 0.3) is 5.91 Å². The van der Waals surface area contributed by atoms with Crippen molar-refractivity contribution < 1.29 is 41.7 Å². The molecule has 0 bridgehead atoms. The molecular formula is C51H54ClF3N4O6. The van der Waals surface area contributed by atoms with E-state index in [-0.39, 0.29) is 17.6 Å². The molecule has 2 heterocycles. The summed E-state index contributed by atoms with van der Waals surface area (Å²) in [5, 5.41) is 9.15. The largest absolute Gasteiger partial charge is 0.491 e. The number of hydrogen-bond acceptors (Lipinski definition) is 7. The van der Waals surface area contributed by atoms with Gasteiger partial charge in [-0.15, -0.1) is 11.6 Å². The fraction of sp³-hybridized carbons (Fsp3) is 0.314. The van der Waals surface area contributed by atoms with Gasteiger partial charge < -0.3 is 24.3 Å². The minimum absolute atomic E-state index is 0.112. The van der Waals surface area contributed by atoms with Crippen LogP contribution in [-0.2, 0) is 33.9 Å². The molecule has 65 heavy (non-hydrogen) atoms. The number of halogens is 4. The summed E-state index contributed by atoms with van der Waals surface area (Å²) in [5.74, 6) is 2.35. The van der Waals surface area contributed by atoms with Gasteiger partial charge >= 0.3 is 6.18 Å². The van der Waals surface area contributed by atoms with Crippen LogP contribution < -0.4 is 14.8 Å². The Kier molecular flexibility index (Phi) is 18.0. The minimum Gasteiger partial charge on any atom is -0.491 e. The lowest BCUT2D eigenvalue weighted by Gasteiger charge is -2.10. The van der Waals surface area contributed by atoms with E-state index in [9.17, 15) is 22.8 Å². The van der Waals surface area contributed by atoms with E-state index in [0.717, 1.165) is 77.8 Å². The molecule has 7 aromatic rings. The van der Waals surface area contributed by atoms with Crippen molar-refractivity contribution in [1.82, 2.24) is 19.7 Å². The highest BCUT2D eigenvalue weighted by Gasteiger charge is 2.30. The number of nitrogens with one attached hydrogen (secondary N) is 1. The second kappa shape index (κ2) is 24.2. The van der Waals surface area contributed by atoms with Crippen LogP contribution in [0.15, 0.2) is 128 Å². The Hall–Kier alpha value is -6.15. The number of ether oxygens (including phenoxy) is 4. The smallest absolute Gasteiger partial charge is 0.416 e. The van der Waals surface area contributed by atoms with Crippen molar-refractivity contribution in [1.29, 1.82) is 0 Å². The zero-order valence-electron chi connectivity index (χ0n) is 36.6. The predicted octanol–water partition coefficient (Wildman–Crippen LogP) is 11.5. The van der Waals surface area contributed by atoms with Gasteiger partial charge in [0, 0.05) is 54.8 Å². The zero-order valence-corrected chi connectivity index (χ0v) is 37.4. The topological polar surface area (TPSA) is 106 Å². The first-order valence-electron chi connectivity index (χ1n) is 21.7. The summed E-state index contributed by atoms with van der Waals surface area (Å²) >= 11 is 5.37. The van der Waals surface area contributed by atoms with Gasteiger partial charge in [-0.25, -0.2) is 0 Å². The molecule has 0 aliphatic heterocycles. The molecule has 0 aliphatic carbocycles. The van der Waals surface area contributed by atoms with E-state index in [2.05, 4.69) is 10.4 Å². The van der Waals surface area contributed by atoms with Crippen LogP contribution in [0.4, 0.5) is 13.2 Å². The Morgan fingerprint density at radius 3 is 2.06 bits per heavy atom. The number of nitrogens with zero attached hydrogens (tertiary/aromatic N) is 3. The molecule has 0 radical (unpaired) electrons. The number of Topliss-reactive ketones (excluding diaryl/α,β-unsaturated/α-hetero) is 1. The second-order valence-electron chi connectivity index (χ2n) is 15.4. The van der Waals surface area contributed by atoms with Crippen LogP contribution in [0.2, 0.25) is 0 Å². The Bertz CT molecular complexity index is 2560. The molecule has 1 amide bonds. The molecule has 1 N–H and O–H groups in total. The summed E-state index contributed by atoms with van der Waals surface area (Å²) in [5.41, 5.74) is 4.08. The molecule has 342 valence electrons. The molecule has 14 heteroatoms. The predicted molar refractivity (Wildman–Crippen MR) is 249 cm³/mol. The van der Waals surface area contributed by atoms with Crippen molar-refractivity contribution >= 4 is 45.2 Å². The first-order chi connectivity index (χ1) is 31.5. The molecule has 0 spiro atoms. The lowest BCUT2D eigenvalue weighted by atomic mass is 10.1. The van der Waals surface area contributed by atoms with E-state index in [1.807, 2.05) is 109 Å². The van der Waals surface area contributed by atoms with Crippen LogP contribution in [0.1, 0.15) is 59.2 Å². The molecule has 7 rings (SSSR count). The van der Waals surface area contributed by atoms with E-state index in [4.69, 9.17) is 30.5 Å². The Balaban J connectivity index is 0.000000506. The maximum atomic E-state index is 13.1. The minimum atomic E-state index is -4.42. The maximum Gasteiger partial charge on any atom is 0.416 e. The monoisotopic (exact) mass is 910 g/mol. The lowest BCUT2D eigenvalue weighted by Crippen LogP contribution is -2.24. The summed E-state index contributed by atoms with van der Waals surface area (Å²) in [4.78, 5) is 23.9. The molecule has 0 fully saturated rings. The summed E-state index contributed by atoms with van der Waals surface area (Å²) < 4.78 is 65.8. The highest BCUT2D eigenvalue weighted by Crippen LogP contribution is 2.34. The van der Waals surface area contributed by atoms with Crippen molar-refractivity contribution in [3.8, 4) is 22.9 Å². The van der Waals surface area contributed by atoms with Crippen molar-refractivity contribution in [3.05, 3.63) is 150 Å². The Morgan fingerprint density at radius 1 is 0.723 bits per heavy atom. The molecule has 0 aliphatic rings. The number of unbranched alkanes of at least 4 members (excludes halogenated alkanes) is 3. The maximum absolute atomic E-state index is 13.1. The molecule has 0 saturated heterocycles. The van der Waals surface area contributed by atoms with Gasteiger partial charge in [-0.1, -0.05) is 60.9 Å². The number of aryl methyl sites for hydroxylation is 3. The highest BCUT2D eigenvalue weighted by atomic mass is 35.5. The number of alkyl halides is 4. The Morgan fingerprint density at radius 2 is 1.37 bits per heavy atom. The quantitative estimate of drug-likeness (QED) is 0.0533. The summed E-state index contributed by atoms with van der Waals surface area (Å²) in [6, 6.07) is 35.7. The third-order valence-electron chi connectivity index (χ3n) is 10.4. The van der Waals surface area contributed by atoms with Crippen molar-refractivity contribution in [2.45, 2.75) is 51.6 Å². The normalized spacial score (nSPS) is 11.4. The average Bonchev–Trinajstić information content (AvgIpc) is 3.83. The first-order valence-corrected chi connectivity index (χ1v) is 22.2. The number of carbonyl (C=O) groups excluding carboxylic acids is 2. The molecule has 2 aromatic heterocycles. The van der Waals surface area contributed by atoms with Gasteiger partial charge in [0.2, 0.25) is 0 Å².